The second kappa shape index (κ2) is 11.5. The monoisotopic (exact) mass is 415 g/mol. The van der Waals surface area contributed by atoms with Crippen LogP contribution in [0.3, 0.4) is 0 Å². The second-order valence-corrected chi connectivity index (χ2v) is 7.02. The van der Waals surface area contributed by atoms with Gasteiger partial charge >= 0.3 is 12.0 Å². The lowest BCUT2D eigenvalue weighted by molar-refractivity contribution is -0.151. The van der Waals surface area contributed by atoms with Crippen LogP contribution < -0.4 is 16.0 Å². The summed E-state index contributed by atoms with van der Waals surface area (Å²) in [6.45, 7) is 3.40. The van der Waals surface area contributed by atoms with Crippen molar-refractivity contribution in [1.82, 2.24) is 10.6 Å². The summed E-state index contributed by atoms with van der Waals surface area (Å²) in [5, 5.41) is 7.84. The molecule has 0 aliphatic rings. The van der Waals surface area contributed by atoms with Gasteiger partial charge in [-0.15, -0.1) is 0 Å². The van der Waals surface area contributed by atoms with Gasteiger partial charge in [-0.25, -0.2) is 14.0 Å². The molecule has 30 heavy (non-hydrogen) atoms. The van der Waals surface area contributed by atoms with Crippen LogP contribution >= 0.6 is 0 Å². The van der Waals surface area contributed by atoms with Gasteiger partial charge in [-0.3, -0.25) is 4.79 Å². The molecule has 8 heteroatoms. The molecule has 2 aromatic rings. The smallest absolute Gasteiger partial charge is 0.329 e. The summed E-state index contributed by atoms with van der Waals surface area (Å²) in [5.74, 6) is -1.70. The number of anilines is 1. The summed E-state index contributed by atoms with van der Waals surface area (Å²) in [7, 11) is 0. The average Bonchev–Trinajstić information content (AvgIpc) is 2.72. The van der Waals surface area contributed by atoms with E-state index < -0.39 is 30.6 Å². The summed E-state index contributed by atoms with van der Waals surface area (Å²) >= 11 is 0. The fraction of sp³-hybridized carbons (Fsp3) is 0.318. The van der Waals surface area contributed by atoms with Gasteiger partial charge in [0.1, 0.15) is 11.9 Å². The van der Waals surface area contributed by atoms with Crippen LogP contribution in [-0.4, -0.2) is 37.1 Å². The first kappa shape index (κ1) is 22.9. The number of benzene rings is 2. The van der Waals surface area contributed by atoms with Crippen LogP contribution in [0.25, 0.3) is 0 Å². The van der Waals surface area contributed by atoms with E-state index in [0.29, 0.717) is 18.7 Å². The SMILES string of the molecule is CC(C)[C@@H](NC(=O)Nc1ccccc1)C(=O)OCC(=O)NCCc1ccc(F)cc1. The van der Waals surface area contributed by atoms with Crippen molar-refractivity contribution in [3.8, 4) is 0 Å². The predicted octanol–water partition coefficient (Wildman–Crippen LogP) is 2.87. The van der Waals surface area contributed by atoms with Crippen molar-refractivity contribution < 1.29 is 23.5 Å². The summed E-state index contributed by atoms with van der Waals surface area (Å²) in [6, 6.07) is 13.4. The maximum atomic E-state index is 12.9. The molecule has 2 aromatic carbocycles. The lowest BCUT2D eigenvalue weighted by atomic mass is 10.1. The van der Waals surface area contributed by atoms with E-state index in [9.17, 15) is 18.8 Å². The number of urea groups is 1. The summed E-state index contributed by atoms with van der Waals surface area (Å²) in [4.78, 5) is 36.4. The third kappa shape index (κ3) is 7.90. The Morgan fingerprint density at radius 2 is 1.67 bits per heavy atom. The molecule has 0 aliphatic carbocycles. The van der Waals surface area contributed by atoms with Crippen molar-refractivity contribution in [2.24, 2.45) is 5.92 Å². The Hall–Kier alpha value is -3.42. The van der Waals surface area contributed by atoms with Crippen molar-refractivity contribution in [3.05, 3.63) is 66.0 Å². The van der Waals surface area contributed by atoms with Gasteiger partial charge in [-0.05, 0) is 42.2 Å². The molecule has 0 aliphatic heterocycles. The molecule has 0 fully saturated rings. The number of amides is 3. The number of esters is 1. The molecular formula is C22H26FN3O4. The topological polar surface area (TPSA) is 96.5 Å². The fourth-order valence-corrected chi connectivity index (χ4v) is 2.60. The first-order valence-electron chi connectivity index (χ1n) is 9.65. The highest BCUT2D eigenvalue weighted by atomic mass is 19.1. The van der Waals surface area contributed by atoms with Crippen LogP contribution in [0.4, 0.5) is 14.9 Å². The van der Waals surface area contributed by atoms with E-state index in [0.717, 1.165) is 5.56 Å². The predicted molar refractivity (Wildman–Crippen MR) is 111 cm³/mol. The van der Waals surface area contributed by atoms with Gasteiger partial charge in [0.25, 0.3) is 5.91 Å². The minimum Gasteiger partial charge on any atom is -0.454 e. The van der Waals surface area contributed by atoms with E-state index in [-0.39, 0.29) is 11.7 Å². The molecule has 0 aromatic heterocycles. The molecular weight excluding hydrogens is 389 g/mol. The van der Waals surface area contributed by atoms with Crippen LogP contribution in [0, 0.1) is 11.7 Å². The highest BCUT2D eigenvalue weighted by molar-refractivity contribution is 5.93. The van der Waals surface area contributed by atoms with Gasteiger partial charge in [0.15, 0.2) is 6.61 Å². The highest BCUT2D eigenvalue weighted by Gasteiger charge is 2.26. The van der Waals surface area contributed by atoms with Gasteiger partial charge < -0.3 is 20.7 Å². The average molecular weight is 415 g/mol. The van der Waals surface area contributed by atoms with Crippen molar-refractivity contribution in [2.45, 2.75) is 26.3 Å². The van der Waals surface area contributed by atoms with E-state index in [1.807, 2.05) is 6.07 Å². The van der Waals surface area contributed by atoms with Crippen LogP contribution in [0.2, 0.25) is 0 Å². The van der Waals surface area contributed by atoms with Crippen LogP contribution in [0.1, 0.15) is 19.4 Å². The van der Waals surface area contributed by atoms with Crippen molar-refractivity contribution in [1.29, 1.82) is 0 Å². The molecule has 160 valence electrons. The Morgan fingerprint density at radius 3 is 2.30 bits per heavy atom. The molecule has 0 saturated heterocycles. The third-order valence-corrected chi connectivity index (χ3v) is 4.23. The number of hydrogen-bond acceptors (Lipinski definition) is 4. The van der Waals surface area contributed by atoms with Crippen molar-refractivity contribution in [3.63, 3.8) is 0 Å². The first-order valence-corrected chi connectivity index (χ1v) is 9.65. The van der Waals surface area contributed by atoms with Crippen LogP contribution in [0.15, 0.2) is 54.6 Å². The Balaban J connectivity index is 1.74. The number of hydrogen-bond donors (Lipinski definition) is 3. The third-order valence-electron chi connectivity index (χ3n) is 4.23. The van der Waals surface area contributed by atoms with E-state index in [2.05, 4.69) is 16.0 Å². The zero-order valence-electron chi connectivity index (χ0n) is 17.0. The van der Waals surface area contributed by atoms with E-state index in [4.69, 9.17) is 4.74 Å². The molecule has 0 saturated carbocycles. The van der Waals surface area contributed by atoms with Gasteiger partial charge in [-0.2, -0.15) is 0 Å². The molecule has 1 atom stereocenters. The van der Waals surface area contributed by atoms with Gasteiger partial charge in [0.2, 0.25) is 0 Å². The highest BCUT2D eigenvalue weighted by Crippen LogP contribution is 2.08. The Bertz CT molecular complexity index is 841. The zero-order chi connectivity index (χ0) is 21.9. The fourth-order valence-electron chi connectivity index (χ4n) is 2.60. The Kier molecular flexibility index (Phi) is 8.80. The number of carbonyl (C=O) groups excluding carboxylic acids is 3. The number of para-hydroxylation sites is 1. The maximum absolute atomic E-state index is 12.9. The molecule has 0 heterocycles. The van der Waals surface area contributed by atoms with Crippen LogP contribution in [-0.2, 0) is 20.7 Å². The van der Waals surface area contributed by atoms with Gasteiger partial charge in [0, 0.05) is 12.2 Å². The summed E-state index contributed by atoms with van der Waals surface area (Å²) in [5.41, 5.74) is 1.47. The second-order valence-electron chi connectivity index (χ2n) is 7.02. The number of halogens is 1. The lowest BCUT2D eigenvalue weighted by Gasteiger charge is -2.21. The van der Waals surface area contributed by atoms with Crippen molar-refractivity contribution >= 4 is 23.6 Å². The van der Waals surface area contributed by atoms with E-state index in [1.165, 1.54) is 12.1 Å². The van der Waals surface area contributed by atoms with Gasteiger partial charge in [-0.1, -0.05) is 44.2 Å². The lowest BCUT2D eigenvalue weighted by Crippen LogP contribution is -2.47. The number of ether oxygens (including phenoxy) is 1. The molecule has 0 radical (unpaired) electrons. The number of nitrogens with one attached hydrogen (secondary N) is 3. The van der Waals surface area contributed by atoms with Crippen molar-refractivity contribution in [2.75, 3.05) is 18.5 Å². The molecule has 2 rings (SSSR count). The minimum atomic E-state index is -0.902. The summed E-state index contributed by atoms with van der Waals surface area (Å²) < 4.78 is 17.9. The van der Waals surface area contributed by atoms with Crippen LogP contribution in [0.5, 0.6) is 0 Å². The maximum Gasteiger partial charge on any atom is 0.329 e. The first-order chi connectivity index (χ1) is 14.3. The summed E-state index contributed by atoms with van der Waals surface area (Å²) in [6.07, 6.45) is 0.524. The zero-order valence-corrected chi connectivity index (χ0v) is 17.0. The molecule has 0 bridgehead atoms. The molecule has 0 spiro atoms. The quantitative estimate of drug-likeness (QED) is 0.549. The molecule has 0 unspecified atom stereocenters. The molecule has 3 N–H and O–H groups in total. The largest absolute Gasteiger partial charge is 0.454 e. The molecule has 3 amide bonds. The standard InChI is InChI=1S/C22H26FN3O4/c1-15(2)20(26-22(29)25-18-6-4-3-5-7-18)21(28)30-14-19(27)24-13-12-16-8-10-17(23)11-9-16/h3-11,15,20H,12-14H2,1-2H3,(H,24,27)(H2,25,26,29)/t20-/m1/s1. The minimum absolute atomic E-state index is 0.236. The normalized spacial score (nSPS) is 11.5. The van der Waals surface area contributed by atoms with Gasteiger partial charge in [0.05, 0.1) is 0 Å². The number of rotatable bonds is 9. The van der Waals surface area contributed by atoms with E-state index >= 15 is 0 Å². The Labute approximate surface area is 175 Å². The van der Waals surface area contributed by atoms with E-state index in [1.54, 1.807) is 50.2 Å². The number of carbonyl (C=O) groups is 3. The molecule has 7 nitrogen and oxygen atoms in total. The Morgan fingerprint density at radius 1 is 1.00 bits per heavy atom.